The first-order chi connectivity index (χ1) is 11.4. The van der Waals surface area contributed by atoms with Gasteiger partial charge in [-0.3, -0.25) is 14.4 Å². The fourth-order valence-electron chi connectivity index (χ4n) is 3.24. The van der Waals surface area contributed by atoms with Gasteiger partial charge < -0.3 is 19.6 Å². The lowest BCUT2D eigenvalue weighted by molar-refractivity contribution is -0.150. The van der Waals surface area contributed by atoms with Gasteiger partial charge in [0.05, 0.1) is 18.5 Å². The van der Waals surface area contributed by atoms with Crippen LogP contribution in [-0.2, 0) is 19.1 Å². The summed E-state index contributed by atoms with van der Waals surface area (Å²) in [6.07, 6.45) is 1.85. The summed E-state index contributed by atoms with van der Waals surface area (Å²) in [6, 6.07) is 2.10. The molecule has 2 heterocycles. The summed E-state index contributed by atoms with van der Waals surface area (Å²) in [5.41, 5.74) is -1.13. The number of carboxylic acid groups (broad SMARTS) is 1. The van der Waals surface area contributed by atoms with Gasteiger partial charge in [0.25, 0.3) is 0 Å². The zero-order valence-corrected chi connectivity index (χ0v) is 13.9. The normalized spacial score (nSPS) is 23.2. The second-order valence-corrected chi connectivity index (χ2v) is 6.48. The minimum absolute atomic E-state index is 0.143. The van der Waals surface area contributed by atoms with Gasteiger partial charge in [0.2, 0.25) is 11.8 Å². The molecule has 132 valence electrons. The number of likely N-dealkylation sites (tertiary alicyclic amines) is 1. The Bertz CT molecular complexity index is 550. The lowest BCUT2D eigenvalue weighted by Crippen LogP contribution is -2.50. The first-order valence-electron chi connectivity index (χ1n) is 8.15. The Balaban J connectivity index is 1.96. The molecule has 0 aromatic carbocycles. The predicted molar refractivity (Wildman–Crippen MR) is 82.7 cm³/mol. The molecule has 8 heteroatoms. The maximum Gasteiger partial charge on any atom is 0.308 e. The molecule has 1 atom stereocenters. The Kier molecular flexibility index (Phi) is 5.78. The van der Waals surface area contributed by atoms with Gasteiger partial charge in [-0.05, 0) is 25.7 Å². The molecule has 0 aliphatic carbocycles. The summed E-state index contributed by atoms with van der Waals surface area (Å²) in [7, 11) is 1.51. The first kappa shape index (κ1) is 18.2. The number of likely N-dealkylation sites (N-methyl/N-ethyl adjacent to an activating group) is 1. The second-order valence-electron chi connectivity index (χ2n) is 6.48. The van der Waals surface area contributed by atoms with E-state index in [9.17, 15) is 19.6 Å². The van der Waals surface area contributed by atoms with Crippen molar-refractivity contribution in [1.82, 2.24) is 9.80 Å². The van der Waals surface area contributed by atoms with Gasteiger partial charge in [0, 0.05) is 33.4 Å². The van der Waals surface area contributed by atoms with Gasteiger partial charge in [0.1, 0.15) is 5.41 Å². The van der Waals surface area contributed by atoms with E-state index in [4.69, 9.17) is 9.84 Å². The Morgan fingerprint density at radius 2 is 2.04 bits per heavy atom. The largest absolute Gasteiger partial charge is 0.481 e. The molecule has 0 aromatic heterocycles. The SMILES string of the molecule is CN(CC(=O)N1CCCC(C(=O)O)C1)C(=O)C1(C#N)CCOCC1. The Morgan fingerprint density at radius 1 is 1.38 bits per heavy atom. The molecular formula is C16H23N3O5. The summed E-state index contributed by atoms with van der Waals surface area (Å²) in [5, 5.41) is 18.5. The van der Waals surface area contributed by atoms with Crippen LogP contribution >= 0.6 is 0 Å². The van der Waals surface area contributed by atoms with Crippen molar-refractivity contribution in [2.45, 2.75) is 25.7 Å². The molecular weight excluding hydrogens is 314 g/mol. The highest BCUT2D eigenvalue weighted by atomic mass is 16.5. The van der Waals surface area contributed by atoms with Gasteiger partial charge in [0.15, 0.2) is 0 Å². The molecule has 2 aliphatic rings. The monoisotopic (exact) mass is 337 g/mol. The van der Waals surface area contributed by atoms with Crippen LogP contribution in [0, 0.1) is 22.7 Å². The zero-order chi connectivity index (χ0) is 17.7. The van der Waals surface area contributed by atoms with Gasteiger partial charge in [-0.2, -0.15) is 5.26 Å². The van der Waals surface area contributed by atoms with Crippen molar-refractivity contribution in [1.29, 1.82) is 5.26 Å². The smallest absolute Gasteiger partial charge is 0.308 e. The number of carboxylic acids is 1. The number of amides is 2. The van der Waals surface area contributed by atoms with Crippen LogP contribution in [0.3, 0.4) is 0 Å². The van der Waals surface area contributed by atoms with E-state index in [-0.39, 0.29) is 24.9 Å². The highest BCUT2D eigenvalue weighted by Gasteiger charge is 2.43. The van der Waals surface area contributed by atoms with E-state index in [1.807, 2.05) is 0 Å². The lowest BCUT2D eigenvalue weighted by Gasteiger charge is -2.35. The van der Waals surface area contributed by atoms with Crippen LogP contribution in [0.2, 0.25) is 0 Å². The molecule has 1 unspecified atom stereocenters. The van der Waals surface area contributed by atoms with Crippen molar-refractivity contribution in [2.24, 2.45) is 11.3 Å². The van der Waals surface area contributed by atoms with E-state index >= 15 is 0 Å². The van der Waals surface area contributed by atoms with Gasteiger partial charge >= 0.3 is 5.97 Å². The third-order valence-corrected chi connectivity index (χ3v) is 4.81. The minimum Gasteiger partial charge on any atom is -0.481 e. The van der Waals surface area contributed by atoms with Crippen molar-refractivity contribution in [3.05, 3.63) is 0 Å². The fourth-order valence-corrected chi connectivity index (χ4v) is 3.24. The van der Waals surface area contributed by atoms with Crippen molar-refractivity contribution in [2.75, 3.05) is 39.9 Å². The molecule has 2 fully saturated rings. The van der Waals surface area contributed by atoms with E-state index in [0.29, 0.717) is 45.4 Å². The highest BCUT2D eigenvalue weighted by Crippen LogP contribution is 2.31. The predicted octanol–water partition coefficient (Wildman–Crippen LogP) is 0.0884. The average Bonchev–Trinajstić information content (AvgIpc) is 2.61. The third kappa shape index (κ3) is 3.85. The number of nitrogens with zero attached hydrogens (tertiary/aromatic N) is 3. The van der Waals surface area contributed by atoms with E-state index in [1.165, 1.54) is 16.8 Å². The molecule has 2 aliphatic heterocycles. The molecule has 0 bridgehead atoms. The van der Waals surface area contributed by atoms with Gasteiger partial charge in [-0.15, -0.1) is 0 Å². The average molecular weight is 337 g/mol. The minimum atomic E-state index is -1.13. The van der Waals surface area contributed by atoms with Crippen LogP contribution in [-0.4, -0.2) is 72.6 Å². The van der Waals surface area contributed by atoms with Crippen molar-refractivity contribution < 1.29 is 24.2 Å². The molecule has 0 saturated carbocycles. The summed E-state index contributed by atoms with van der Waals surface area (Å²) >= 11 is 0. The maximum atomic E-state index is 12.6. The number of hydrogen-bond donors (Lipinski definition) is 1. The molecule has 1 N–H and O–H groups in total. The number of rotatable bonds is 4. The molecule has 2 rings (SSSR count). The highest BCUT2D eigenvalue weighted by molar-refractivity contribution is 5.89. The van der Waals surface area contributed by atoms with Crippen LogP contribution in [0.5, 0.6) is 0 Å². The first-order valence-corrected chi connectivity index (χ1v) is 8.15. The number of carbonyl (C=O) groups is 3. The van der Waals surface area contributed by atoms with Crippen molar-refractivity contribution >= 4 is 17.8 Å². The quantitative estimate of drug-likeness (QED) is 0.778. The van der Waals surface area contributed by atoms with Crippen LogP contribution < -0.4 is 0 Å². The number of piperidine rings is 1. The molecule has 8 nitrogen and oxygen atoms in total. The van der Waals surface area contributed by atoms with E-state index in [2.05, 4.69) is 6.07 Å². The fraction of sp³-hybridized carbons (Fsp3) is 0.750. The molecule has 0 aromatic rings. The number of hydrogen-bond acceptors (Lipinski definition) is 5. The standard InChI is InChI=1S/C16H23N3O5/c1-18(15(23)16(11-17)4-7-24-8-5-16)10-13(20)19-6-2-3-12(9-19)14(21)22/h12H,2-10H2,1H3,(H,21,22). The lowest BCUT2D eigenvalue weighted by atomic mass is 9.80. The molecule has 2 saturated heterocycles. The number of aliphatic carboxylic acids is 1. The van der Waals surface area contributed by atoms with E-state index in [1.54, 1.807) is 0 Å². The van der Waals surface area contributed by atoms with E-state index < -0.39 is 17.3 Å². The van der Waals surface area contributed by atoms with Crippen molar-refractivity contribution in [3.63, 3.8) is 0 Å². The molecule has 0 spiro atoms. The van der Waals surface area contributed by atoms with Crippen molar-refractivity contribution in [3.8, 4) is 6.07 Å². The summed E-state index contributed by atoms with van der Waals surface area (Å²) in [6.45, 7) is 1.24. The van der Waals surface area contributed by atoms with Gasteiger partial charge in [-0.25, -0.2) is 0 Å². The topological polar surface area (TPSA) is 111 Å². The van der Waals surface area contributed by atoms with Crippen LogP contribution in [0.15, 0.2) is 0 Å². The number of carbonyl (C=O) groups excluding carboxylic acids is 2. The summed E-state index contributed by atoms with van der Waals surface area (Å²) in [4.78, 5) is 38.9. The Morgan fingerprint density at radius 3 is 2.62 bits per heavy atom. The Hall–Kier alpha value is -2.14. The molecule has 24 heavy (non-hydrogen) atoms. The Labute approximate surface area is 141 Å². The molecule has 2 amide bonds. The van der Waals surface area contributed by atoms with Gasteiger partial charge in [-0.1, -0.05) is 0 Å². The van der Waals surface area contributed by atoms with Crippen LogP contribution in [0.4, 0.5) is 0 Å². The van der Waals surface area contributed by atoms with E-state index in [0.717, 1.165) is 0 Å². The van der Waals surface area contributed by atoms with Crippen LogP contribution in [0.25, 0.3) is 0 Å². The maximum absolute atomic E-state index is 12.6. The number of ether oxygens (including phenoxy) is 1. The summed E-state index contributed by atoms with van der Waals surface area (Å²) in [5.74, 6) is -2.10. The molecule has 0 radical (unpaired) electrons. The zero-order valence-electron chi connectivity index (χ0n) is 13.9. The van der Waals surface area contributed by atoms with Crippen LogP contribution in [0.1, 0.15) is 25.7 Å². The number of nitriles is 1. The second kappa shape index (κ2) is 7.62. The third-order valence-electron chi connectivity index (χ3n) is 4.81. The summed E-state index contributed by atoms with van der Waals surface area (Å²) < 4.78 is 5.21.